The SMILES string of the molecule is NC(=O)C(CCc1ccc(CCCCNC(=O)OCc2ccccc2)cc1)N(CCCN(C[C@H](O)[C@@H](O)[C@@H]1OC(P)OC[C@H]1O)C[C@H](O)[C@@H](O)[C@@H]1OC(c2ccccc2)OC[C@H]1O)C(=O)OCc1ccccc1. The lowest BCUT2D eigenvalue weighted by Gasteiger charge is -2.40. The van der Waals surface area contributed by atoms with E-state index in [4.69, 9.17) is 34.2 Å². The minimum atomic E-state index is -1.66. The highest BCUT2D eigenvalue weighted by molar-refractivity contribution is 7.16. The van der Waals surface area contributed by atoms with Crippen molar-refractivity contribution in [2.45, 2.75) is 119 Å². The number of ether oxygens (including phenoxy) is 6. The van der Waals surface area contributed by atoms with Gasteiger partial charge in [0, 0.05) is 38.3 Å². The number of aliphatic hydroxyl groups is 6. The number of nitrogens with zero attached hydrogens (tertiary/aromatic N) is 2. The van der Waals surface area contributed by atoms with Gasteiger partial charge in [-0.15, -0.1) is 0 Å². The van der Waals surface area contributed by atoms with E-state index < -0.39 is 85.3 Å². The third-order valence-corrected chi connectivity index (χ3v) is 13.1. The Morgan fingerprint density at radius 3 is 1.78 bits per heavy atom. The molecule has 6 rings (SSSR count). The van der Waals surface area contributed by atoms with Crippen LogP contribution < -0.4 is 11.1 Å². The van der Waals surface area contributed by atoms with E-state index in [1.165, 1.54) is 9.80 Å². The number of carbonyl (C=O) groups excluding carboxylic acids is 3. The first-order valence-corrected chi connectivity index (χ1v) is 25.4. The summed E-state index contributed by atoms with van der Waals surface area (Å²) in [5, 5.41) is 69.8. The Morgan fingerprint density at radius 2 is 1.19 bits per heavy atom. The van der Waals surface area contributed by atoms with Crippen molar-refractivity contribution in [2.24, 2.45) is 5.73 Å². The van der Waals surface area contributed by atoms with Crippen molar-refractivity contribution in [1.82, 2.24) is 15.1 Å². The van der Waals surface area contributed by atoms with Crippen LogP contribution in [0, 0.1) is 0 Å². The van der Waals surface area contributed by atoms with Gasteiger partial charge in [-0.05, 0) is 60.8 Å². The molecule has 73 heavy (non-hydrogen) atoms. The first kappa shape index (κ1) is 57.2. The second-order valence-corrected chi connectivity index (χ2v) is 18.8. The Kier molecular flexibility index (Phi) is 23.2. The predicted octanol–water partition coefficient (Wildman–Crippen LogP) is 2.91. The Bertz CT molecular complexity index is 2240. The fourth-order valence-electron chi connectivity index (χ4n) is 8.66. The number of amides is 3. The van der Waals surface area contributed by atoms with Crippen LogP contribution in [0.25, 0.3) is 0 Å². The molecule has 2 aliphatic heterocycles. The molecule has 0 aromatic heterocycles. The average molecular weight is 1040 g/mol. The minimum absolute atomic E-state index is 0.0185. The normalized spacial score (nSPS) is 22.1. The maximum atomic E-state index is 14.0. The van der Waals surface area contributed by atoms with Crippen molar-refractivity contribution in [3.05, 3.63) is 143 Å². The predicted molar refractivity (Wildman–Crippen MR) is 270 cm³/mol. The molecule has 0 bridgehead atoms. The number of hydrogen-bond donors (Lipinski definition) is 8. The largest absolute Gasteiger partial charge is 0.445 e. The molecule has 0 aliphatic carbocycles. The summed E-state index contributed by atoms with van der Waals surface area (Å²) in [7, 11) is 2.28. The van der Waals surface area contributed by atoms with Crippen LogP contribution in [0.1, 0.15) is 59.8 Å². The van der Waals surface area contributed by atoms with Crippen molar-refractivity contribution in [2.75, 3.05) is 45.9 Å². The quantitative estimate of drug-likeness (QED) is 0.0315. The van der Waals surface area contributed by atoms with Crippen LogP contribution in [-0.2, 0) is 59.3 Å². The second kappa shape index (κ2) is 29.7. The lowest BCUT2D eigenvalue weighted by Crippen LogP contribution is -2.56. The van der Waals surface area contributed by atoms with Gasteiger partial charge in [-0.3, -0.25) is 14.6 Å². The second-order valence-electron chi connectivity index (χ2n) is 18.3. The summed E-state index contributed by atoms with van der Waals surface area (Å²) in [5.41, 5.74) is 10.3. The van der Waals surface area contributed by atoms with Crippen molar-refractivity contribution in [3.63, 3.8) is 0 Å². The molecule has 0 saturated carbocycles. The van der Waals surface area contributed by atoms with Gasteiger partial charge >= 0.3 is 12.2 Å². The van der Waals surface area contributed by atoms with Gasteiger partial charge in [0.15, 0.2) is 12.3 Å². The van der Waals surface area contributed by atoms with E-state index in [1.807, 2.05) is 66.7 Å². The molecule has 3 amide bonds. The van der Waals surface area contributed by atoms with Crippen molar-refractivity contribution >= 4 is 27.3 Å². The number of aryl methyl sites for hydroxylation is 2. The van der Waals surface area contributed by atoms with E-state index in [9.17, 15) is 45.0 Å². The first-order chi connectivity index (χ1) is 35.2. The van der Waals surface area contributed by atoms with Gasteiger partial charge in [0.05, 0.1) is 25.4 Å². The summed E-state index contributed by atoms with van der Waals surface area (Å²) in [6.07, 6.45) is -10.7. The van der Waals surface area contributed by atoms with Gasteiger partial charge in [0.1, 0.15) is 55.9 Å². The number of rotatable bonds is 27. The number of aliphatic hydroxyl groups excluding tert-OH is 6. The lowest BCUT2D eigenvalue weighted by molar-refractivity contribution is -0.283. The number of hydrogen-bond acceptors (Lipinski definition) is 16. The molecule has 12 atom stereocenters. The summed E-state index contributed by atoms with van der Waals surface area (Å²) >= 11 is 0. The van der Waals surface area contributed by atoms with Gasteiger partial charge in [-0.1, -0.05) is 125 Å². The molecule has 2 heterocycles. The topological polar surface area (TPSA) is 272 Å². The number of nitrogens with two attached hydrogens (primary N) is 1. The molecular formula is C53H71N4O15P. The highest BCUT2D eigenvalue weighted by Crippen LogP contribution is 2.29. The van der Waals surface area contributed by atoms with E-state index in [0.29, 0.717) is 18.5 Å². The van der Waals surface area contributed by atoms with Crippen molar-refractivity contribution < 1.29 is 73.4 Å². The number of carbonyl (C=O) groups is 3. The fraction of sp³-hybridized carbons (Fsp3) is 0.491. The Morgan fingerprint density at radius 1 is 0.658 bits per heavy atom. The zero-order valence-electron chi connectivity index (χ0n) is 40.8. The monoisotopic (exact) mass is 1030 g/mol. The smallest absolute Gasteiger partial charge is 0.410 e. The number of alkyl carbamates (subject to hydrolysis) is 1. The van der Waals surface area contributed by atoms with E-state index in [-0.39, 0.29) is 65.4 Å². The van der Waals surface area contributed by atoms with E-state index in [1.54, 1.807) is 48.5 Å². The average Bonchev–Trinajstić information content (AvgIpc) is 3.40. The maximum Gasteiger partial charge on any atom is 0.410 e. The number of unbranched alkanes of at least 4 members (excludes halogenated alkanes) is 1. The first-order valence-electron chi connectivity index (χ1n) is 24.7. The Hall–Kier alpha value is -5.12. The Labute approximate surface area is 428 Å². The molecule has 20 heteroatoms. The minimum Gasteiger partial charge on any atom is -0.445 e. The molecule has 0 spiro atoms. The van der Waals surface area contributed by atoms with Crippen LogP contribution in [0.5, 0.6) is 0 Å². The number of nitrogens with one attached hydrogen (secondary N) is 1. The third kappa shape index (κ3) is 18.3. The summed E-state index contributed by atoms with van der Waals surface area (Å²) in [4.78, 5) is 42.2. The van der Waals surface area contributed by atoms with Crippen molar-refractivity contribution in [3.8, 4) is 0 Å². The van der Waals surface area contributed by atoms with Gasteiger partial charge < -0.3 is 70.1 Å². The molecule has 4 aromatic rings. The molecule has 2 aliphatic rings. The molecule has 4 unspecified atom stereocenters. The summed E-state index contributed by atoms with van der Waals surface area (Å²) in [6, 6.07) is 33.3. The van der Waals surface area contributed by atoms with Gasteiger partial charge in [0.25, 0.3) is 0 Å². The summed E-state index contributed by atoms with van der Waals surface area (Å²) < 4.78 is 33.5. The summed E-state index contributed by atoms with van der Waals surface area (Å²) in [6.45, 7) is -0.467. The molecule has 398 valence electrons. The molecule has 2 fully saturated rings. The van der Waals surface area contributed by atoms with Crippen LogP contribution in [0.4, 0.5) is 9.59 Å². The highest BCUT2D eigenvalue weighted by Gasteiger charge is 2.42. The number of primary amides is 1. The van der Waals surface area contributed by atoms with Gasteiger partial charge in [0.2, 0.25) is 5.91 Å². The van der Waals surface area contributed by atoms with Crippen LogP contribution in [0.2, 0.25) is 0 Å². The van der Waals surface area contributed by atoms with Crippen LogP contribution in [-0.4, -0.2) is 165 Å². The molecular weight excluding hydrogens is 964 g/mol. The van der Waals surface area contributed by atoms with E-state index in [0.717, 1.165) is 41.5 Å². The van der Waals surface area contributed by atoms with E-state index >= 15 is 0 Å². The molecule has 2 saturated heterocycles. The maximum absolute atomic E-state index is 14.0. The van der Waals surface area contributed by atoms with Crippen LogP contribution in [0.15, 0.2) is 115 Å². The third-order valence-electron chi connectivity index (χ3n) is 12.7. The van der Waals surface area contributed by atoms with Gasteiger partial charge in [-0.25, -0.2) is 9.59 Å². The zero-order valence-corrected chi connectivity index (χ0v) is 42.0. The molecule has 4 aromatic carbocycles. The molecule has 0 radical (unpaired) electrons. The summed E-state index contributed by atoms with van der Waals surface area (Å²) in [5.74, 6) is -0.758. The molecule has 19 nitrogen and oxygen atoms in total. The van der Waals surface area contributed by atoms with E-state index in [2.05, 4.69) is 14.6 Å². The van der Waals surface area contributed by atoms with Crippen LogP contribution in [0.3, 0.4) is 0 Å². The molecule has 9 N–H and O–H groups in total. The van der Waals surface area contributed by atoms with Crippen molar-refractivity contribution in [1.29, 1.82) is 0 Å². The van der Waals surface area contributed by atoms with Crippen LogP contribution >= 0.6 is 9.24 Å². The highest BCUT2D eigenvalue weighted by atomic mass is 31.0. The standard InChI is InChI=1S/C53H71N4O15P/c54-49(64)40(25-24-36-22-20-35(21-23-36)13-10-11-26-55-51(65)68-31-37-14-4-1-5-15-37)57(52(66)69-32-38-16-6-2-7-17-38)28-12-27-56(30-42(59)46(63)48-44(61)34-70-53(73)72-48)29-41(58)45(62)47-43(60)33-67-50(71-47)39-18-8-3-9-19-39/h1-9,14-23,40-48,50,53,58-63H,10-13,24-34,73H2,(H2,54,64)(H,55,65)/t40?,41-,42-,43+,44+,45+,46+,47+,48+,50?,53?/m0/s1. The lowest BCUT2D eigenvalue weighted by atomic mass is 9.99. The number of benzene rings is 4. The Balaban J connectivity index is 1.09. The zero-order chi connectivity index (χ0) is 52.1. The fourth-order valence-corrected chi connectivity index (χ4v) is 8.95. The van der Waals surface area contributed by atoms with Gasteiger partial charge in [-0.2, -0.15) is 0 Å².